The first-order valence-electron chi connectivity index (χ1n) is 6.94. The van der Waals surface area contributed by atoms with E-state index >= 15 is 0 Å². The summed E-state index contributed by atoms with van der Waals surface area (Å²) in [5, 5.41) is 1.06. The molecule has 0 saturated heterocycles. The molecule has 5 heteroatoms. The first-order valence-corrected chi connectivity index (χ1v) is 6.94. The molecule has 1 aromatic carbocycles. The topological polar surface area (TPSA) is 72.1 Å². The highest BCUT2D eigenvalue weighted by Gasteiger charge is 2.12. The van der Waals surface area contributed by atoms with Gasteiger partial charge in [-0.05, 0) is 35.9 Å². The predicted octanol–water partition coefficient (Wildman–Crippen LogP) is 2.48. The van der Waals surface area contributed by atoms with Crippen molar-refractivity contribution >= 4 is 22.6 Å². The van der Waals surface area contributed by atoms with E-state index < -0.39 is 0 Å². The summed E-state index contributed by atoms with van der Waals surface area (Å²) in [5.41, 5.74) is 8.07. The van der Waals surface area contributed by atoms with Crippen LogP contribution in [0, 0.1) is 0 Å². The number of carbonyl (C=O) groups excluding carboxylic acids is 1. The van der Waals surface area contributed by atoms with Crippen LogP contribution >= 0.6 is 0 Å². The first-order chi connectivity index (χ1) is 10.6. The summed E-state index contributed by atoms with van der Waals surface area (Å²) in [6.07, 6.45) is 3.27. The van der Waals surface area contributed by atoms with Gasteiger partial charge in [0.2, 0.25) is 0 Å². The molecule has 22 heavy (non-hydrogen) atoms. The molecule has 0 aliphatic rings. The molecule has 0 fully saturated rings. The van der Waals surface area contributed by atoms with Gasteiger partial charge < -0.3 is 10.6 Å². The second-order valence-corrected chi connectivity index (χ2v) is 5.16. The molecule has 110 valence electrons. The molecule has 2 N–H and O–H groups in total. The highest BCUT2D eigenvalue weighted by molar-refractivity contribution is 5.94. The number of nitrogen functional groups attached to an aromatic ring is 1. The molecule has 0 spiro atoms. The van der Waals surface area contributed by atoms with E-state index in [-0.39, 0.29) is 5.91 Å². The summed E-state index contributed by atoms with van der Waals surface area (Å²) in [5.74, 6) is 0.319. The summed E-state index contributed by atoms with van der Waals surface area (Å²) in [4.78, 5) is 22.3. The summed E-state index contributed by atoms with van der Waals surface area (Å²) >= 11 is 0. The van der Waals surface area contributed by atoms with Crippen LogP contribution in [0.4, 0.5) is 5.82 Å². The van der Waals surface area contributed by atoms with Crippen LogP contribution in [0.25, 0.3) is 10.9 Å². The highest BCUT2D eigenvalue weighted by Crippen LogP contribution is 2.15. The fourth-order valence-electron chi connectivity index (χ4n) is 2.32. The molecule has 1 amide bonds. The first kappa shape index (κ1) is 14.0. The predicted molar refractivity (Wildman–Crippen MR) is 86.2 cm³/mol. The Bertz CT molecular complexity index is 814. The normalized spacial score (nSPS) is 10.6. The Balaban J connectivity index is 1.78. The second kappa shape index (κ2) is 5.81. The van der Waals surface area contributed by atoms with Crippen molar-refractivity contribution in [2.24, 2.45) is 0 Å². The fourth-order valence-corrected chi connectivity index (χ4v) is 2.32. The lowest BCUT2D eigenvalue weighted by Gasteiger charge is -2.17. The van der Waals surface area contributed by atoms with Gasteiger partial charge in [-0.3, -0.25) is 9.78 Å². The molecule has 0 atom stereocenters. The molecule has 0 unspecified atom stereocenters. The van der Waals surface area contributed by atoms with Crippen LogP contribution in [-0.2, 0) is 6.54 Å². The van der Waals surface area contributed by atoms with Crippen molar-refractivity contribution in [3.8, 4) is 0 Å². The van der Waals surface area contributed by atoms with Gasteiger partial charge in [0, 0.05) is 31.4 Å². The summed E-state index contributed by atoms with van der Waals surface area (Å²) in [7, 11) is 1.77. The lowest BCUT2D eigenvalue weighted by atomic mass is 10.1. The van der Waals surface area contributed by atoms with Crippen molar-refractivity contribution in [1.29, 1.82) is 0 Å². The minimum Gasteiger partial charge on any atom is -0.384 e. The lowest BCUT2D eigenvalue weighted by molar-refractivity contribution is 0.0785. The molecule has 0 aliphatic heterocycles. The molecular formula is C17H16N4O. The third kappa shape index (κ3) is 2.88. The van der Waals surface area contributed by atoms with Gasteiger partial charge in [0.1, 0.15) is 5.82 Å². The highest BCUT2D eigenvalue weighted by atomic mass is 16.2. The van der Waals surface area contributed by atoms with E-state index in [2.05, 4.69) is 9.97 Å². The Morgan fingerprint density at radius 2 is 2.05 bits per heavy atom. The van der Waals surface area contributed by atoms with Crippen LogP contribution in [0.2, 0.25) is 0 Å². The number of carbonyl (C=O) groups is 1. The standard InChI is InChI=1S/C17H16N4O/c1-21(17(22)14-5-7-16(18)20-10-14)11-12-4-6-15-13(9-12)3-2-8-19-15/h2-10H,11H2,1H3,(H2,18,20). The number of hydrogen-bond acceptors (Lipinski definition) is 4. The van der Waals surface area contributed by atoms with E-state index in [1.165, 1.54) is 6.20 Å². The number of fused-ring (bicyclic) bond motifs is 1. The fraction of sp³-hybridized carbons (Fsp3) is 0.118. The van der Waals surface area contributed by atoms with Crippen molar-refractivity contribution in [1.82, 2.24) is 14.9 Å². The number of aromatic nitrogens is 2. The van der Waals surface area contributed by atoms with Crippen molar-refractivity contribution in [2.75, 3.05) is 12.8 Å². The molecular weight excluding hydrogens is 276 g/mol. The van der Waals surface area contributed by atoms with E-state index in [4.69, 9.17) is 5.73 Å². The monoisotopic (exact) mass is 292 g/mol. The molecule has 3 aromatic rings. The Kier molecular flexibility index (Phi) is 3.70. The van der Waals surface area contributed by atoms with Gasteiger partial charge in [0.05, 0.1) is 11.1 Å². The molecule has 2 heterocycles. The molecule has 0 radical (unpaired) electrons. The minimum absolute atomic E-state index is 0.0845. The van der Waals surface area contributed by atoms with E-state index in [9.17, 15) is 4.79 Å². The number of amides is 1. The second-order valence-electron chi connectivity index (χ2n) is 5.16. The van der Waals surface area contributed by atoms with E-state index in [0.717, 1.165) is 16.5 Å². The maximum absolute atomic E-state index is 12.4. The van der Waals surface area contributed by atoms with E-state index in [0.29, 0.717) is 17.9 Å². The van der Waals surface area contributed by atoms with Crippen LogP contribution in [-0.4, -0.2) is 27.8 Å². The summed E-state index contributed by atoms with van der Waals surface area (Å²) < 4.78 is 0. The minimum atomic E-state index is -0.0845. The van der Waals surface area contributed by atoms with Gasteiger partial charge >= 0.3 is 0 Å². The van der Waals surface area contributed by atoms with Gasteiger partial charge in [-0.15, -0.1) is 0 Å². The number of nitrogens with two attached hydrogens (primary N) is 1. The number of anilines is 1. The molecule has 5 nitrogen and oxygen atoms in total. The number of hydrogen-bond donors (Lipinski definition) is 1. The molecule has 0 saturated carbocycles. The summed E-state index contributed by atoms with van der Waals surface area (Å²) in [6.45, 7) is 0.522. The average molecular weight is 292 g/mol. The number of benzene rings is 1. The maximum Gasteiger partial charge on any atom is 0.255 e. The Morgan fingerprint density at radius 3 is 2.82 bits per heavy atom. The zero-order valence-corrected chi connectivity index (χ0v) is 12.2. The smallest absolute Gasteiger partial charge is 0.255 e. The van der Waals surface area contributed by atoms with E-state index in [1.54, 1.807) is 30.3 Å². The Labute approximate surface area is 128 Å². The summed E-state index contributed by atoms with van der Waals surface area (Å²) in [6, 6.07) is 13.2. The van der Waals surface area contributed by atoms with Gasteiger partial charge in [-0.1, -0.05) is 12.1 Å². The number of rotatable bonds is 3. The van der Waals surface area contributed by atoms with Gasteiger partial charge in [-0.25, -0.2) is 4.98 Å². The van der Waals surface area contributed by atoms with Crippen LogP contribution in [0.1, 0.15) is 15.9 Å². The van der Waals surface area contributed by atoms with Crippen LogP contribution in [0.15, 0.2) is 54.9 Å². The maximum atomic E-state index is 12.4. The Morgan fingerprint density at radius 1 is 1.18 bits per heavy atom. The average Bonchev–Trinajstić information content (AvgIpc) is 2.55. The van der Waals surface area contributed by atoms with Crippen LogP contribution < -0.4 is 5.73 Å². The quantitative estimate of drug-likeness (QED) is 0.805. The van der Waals surface area contributed by atoms with Crippen LogP contribution in [0.3, 0.4) is 0 Å². The number of pyridine rings is 2. The van der Waals surface area contributed by atoms with Crippen molar-refractivity contribution in [2.45, 2.75) is 6.54 Å². The van der Waals surface area contributed by atoms with Crippen molar-refractivity contribution in [3.63, 3.8) is 0 Å². The van der Waals surface area contributed by atoms with Crippen molar-refractivity contribution in [3.05, 3.63) is 66.0 Å². The molecule has 0 bridgehead atoms. The lowest BCUT2D eigenvalue weighted by Crippen LogP contribution is -2.26. The molecule has 3 rings (SSSR count). The van der Waals surface area contributed by atoms with Gasteiger partial charge in [0.25, 0.3) is 5.91 Å². The number of nitrogens with zero attached hydrogens (tertiary/aromatic N) is 3. The zero-order chi connectivity index (χ0) is 15.5. The molecule has 0 aliphatic carbocycles. The Hall–Kier alpha value is -2.95. The van der Waals surface area contributed by atoms with Crippen LogP contribution in [0.5, 0.6) is 0 Å². The molecule has 2 aromatic heterocycles. The van der Waals surface area contributed by atoms with Gasteiger partial charge in [-0.2, -0.15) is 0 Å². The largest absolute Gasteiger partial charge is 0.384 e. The third-order valence-electron chi connectivity index (χ3n) is 3.47. The third-order valence-corrected chi connectivity index (χ3v) is 3.47. The van der Waals surface area contributed by atoms with E-state index in [1.807, 2.05) is 30.3 Å². The van der Waals surface area contributed by atoms with Gasteiger partial charge in [0.15, 0.2) is 0 Å². The zero-order valence-electron chi connectivity index (χ0n) is 12.2. The van der Waals surface area contributed by atoms with Crippen molar-refractivity contribution < 1.29 is 4.79 Å². The SMILES string of the molecule is CN(Cc1ccc2ncccc2c1)C(=O)c1ccc(N)nc1.